The molecule has 7 nitrogen and oxygen atoms in total. The molecule has 2 aromatic carbocycles. The van der Waals surface area contributed by atoms with Crippen molar-refractivity contribution in [2.24, 2.45) is 5.10 Å². The molecule has 0 aliphatic carbocycles. The first-order chi connectivity index (χ1) is 13.5. The van der Waals surface area contributed by atoms with Gasteiger partial charge in [-0.2, -0.15) is 5.10 Å². The predicted molar refractivity (Wildman–Crippen MR) is 111 cm³/mol. The second kappa shape index (κ2) is 10.5. The number of halogens is 1. The fourth-order valence-electron chi connectivity index (χ4n) is 2.29. The minimum absolute atomic E-state index is 0.351. The van der Waals surface area contributed by atoms with Crippen LogP contribution in [0.1, 0.15) is 29.8 Å². The standard InChI is InChI=1S/C20H22BrN3O4/c1-4-28-18-11-14(9-10-17(18)27-3)12-22-24-19(25)13(2)23-20(26)15-7-5-6-8-16(15)21/h5-13H,4H2,1-3H3,(H,23,26)(H,24,25). The Labute approximate surface area is 172 Å². The van der Waals surface area contributed by atoms with E-state index in [1.165, 1.54) is 6.21 Å². The highest BCUT2D eigenvalue weighted by atomic mass is 79.9. The third-order valence-electron chi connectivity index (χ3n) is 3.74. The van der Waals surface area contributed by atoms with Crippen molar-refractivity contribution >= 4 is 34.0 Å². The summed E-state index contributed by atoms with van der Waals surface area (Å²) in [4.78, 5) is 24.4. The number of hydrogen-bond donors (Lipinski definition) is 2. The highest BCUT2D eigenvalue weighted by molar-refractivity contribution is 9.10. The summed E-state index contributed by atoms with van der Waals surface area (Å²) >= 11 is 3.31. The zero-order valence-corrected chi connectivity index (χ0v) is 17.4. The van der Waals surface area contributed by atoms with Crippen LogP contribution in [-0.4, -0.2) is 37.8 Å². The van der Waals surface area contributed by atoms with Crippen LogP contribution in [0.3, 0.4) is 0 Å². The third kappa shape index (κ3) is 5.82. The van der Waals surface area contributed by atoms with Gasteiger partial charge in [-0.05, 0) is 65.7 Å². The number of carbonyl (C=O) groups excluding carboxylic acids is 2. The lowest BCUT2D eigenvalue weighted by atomic mass is 10.2. The van der Waals surface area contributed by atoms with E-state index in [1.54, 1.807) is 50.4 Å². The van der Waals surface area contributed by atoms with Crippen LogP contribution in [0.5, 0.6) is 11.5 Å². The number of rotatable bonds is 8. The molecule has 1 atom stereocenters. The normalized spacial score (nSPS) is 11.7. The summed E-state index contributed by atoms with van der Waals surface area (Å²) in [7, 11) is 1.56. The molecule has 28 heavy (non-hydrogen) atoms. The average molecular weight is 448 g/mol. The molecule has 2 rings (SSSR count). The van der Waals surface area contributed by atoms with Crippen LogP contribution >= 0.6 is 15.9 Å². The van der Waals surface area contributed by atoms with Gasteiger partial charge in [-0.1, -0.05) is 12.1 Å². The molecule has 0 aromatic heterocycles. The van der Waals surface area contributed by atoms with Crippen molar-refractivity contribution in [2.75, 3.05) is 13.7 Å². The molecule has 0 aliphatic rings. The van der Waals surface area contributed by atoms with E-state index in [0.29, 0.717) is 28.1 Å². The molecule has 8 heteroatoms. The largest absolute Gasteiger partial charge is 0.493 e. The van der Waals surface area contributed by atoms with E-state index in [4.69, 9.17) is 9.47 Å². The molecule has 0 saturated carbocycles. The summed E-state index contributed by atoms with van der Waals surface area (Å²) in [5.41, 5.74) is 3.60. The lowest BCUT2D eigenvalue weighted by Crippen LogP contribution is -2.43. The van der Waals surface area contributed by atoms with E-state index < -0.39 is 11.9 Å². The van der Waals surface area contributed by atoms with Crippen LogP contribution in [0.15, 0.2) is 52.0 Å². The van der Waals surface area contributed by atoms with Gasteiger partial charge in [0, 0.05) is 4.47 Å². The number of carbonyl (C=O) groups is 2. The monoisotopic (exact) mass is 447 g/mol. The lowest BCUT2D eigenvalue weighted by Gasteiger charge is -2.13. The summed E-state index contributed by atoms with van der Waals surface area (Å²) in [5, 5.41) is 6.57. The Morgan fingerprint density at radius 3 is 2.64 bits per heavy atom. The average Bonchev–Trinajstić information content (AvgIpc) is 2.68. The third-order valence-corrected chi connectivity index (χ3v) is 4.43. The van der Waals surface area contributed by atoms with Crippen molar-refractivity contribution in [3.8, 4) is 11.5 Å². The van der Waals surface area contributed by atoms with Gasteiger partial charge in [0.1, 0.15) is 6.04 Å². The van der Waals surface area contributed by atoms with Gasteiger partial charge in [0.25, 0.3) is 11.8 Å². The summed E-state index contributed by atoms with van der Waals surface area (Å²) in [6, 6.07) is 11.5. The maximum atomic E-state index is 12.2. The van der Waals surface area contributed by atoms with Gasteiger partial charge in [0.05, 0.1) is 25.5 Å². The molecule has 2 N–H and O–H groups in total. The number of nitrogens with one attached hydrogen (secondary N) is 2. The van der Waals surface area contributed by atoms with Crippen LogP contribution < -0.4 is 20.2 Å². The van der Waals surface area contributed by atoms with E-state index in [2.05, 4.69) is 31.8 Å². The minimum atomic E-state index is -0.758. The zero-order valence-electron chi connectivity index (χ0n) is 15.9. The summed E-state index contributed by atoms with van der Waals surface area (Å²) in [6.07, 6.45) is 1.49. The quantitative estimate of drug-likeness (QED) is 0.480. The van der Waals surface area contributed by atoms with E-state index in [0.717, 1.165) is 5.56 Å². The van der Waals surface area contributed by atoms with Gasteiger partial charge in [-0.25, -0.2) is 5.43 Å². The summed E-state index contributed by atoms with van der Waals surface area (Å²) in [5.74, 6) is 0.423. The van der Waals surface area contributed by atoms with Crippen LogP contribution in [0.2, 0.25) is 0 Å². The van der Waals surface area contributed by atoms with E-state index >= 15 is 0 Å². The number of methoxy groups -OCH3 is 1. The molecule has 2 aromatic rings. The van der Waals surface area contributed by atoms with Gasteiger partial charge in [-0.3, -0.25) is 9.59 Å². The molecule has 2 amide bonds. The van der Waals surface area contributed by atoms with Crippen molar-refractivity contribution in [1.82, 2.24) is 10.7 Å². The number of amides is 2. The molecule has 0 fully saturated rings. The van der Waals surface area contributed by atoms with Gasteiger partial charge in [-0.15, -0.1) is 0 Å². The molecule has 0 heterocycles. The maximum absolute atomic E-state index is 12.2. The lowest BCUT2D eigenvalue weighted by molar-refractivity contribution is -0.122. The summed E-state index contributed by atoms with van der Waals surface area (Å²) in [6.45, 7) is 3.96. The number of ether oxygens (including phenoxy) is 2. The van der Waals surface area contributed by atoms with Crippen LogP contribution in [0.25, 0.3) is 0 Å². The highest BCUT2D eigenvalue weighted by Gasteiger charge is 2.17. The van der Waals surface area contributed by atoms with Crippen LogP contribution in [0, 0.1) is 0 Å². The minimum Gasteiger partial charge on any atom is -0.493 e. The fourth-order valence-corrected chi connectivity index (χ4v) is 2.76. The first kappa shape index (κ1) is 21.4. The Morgan fingerprint density at radius 2 is 1.96 bits per heavy atom. The smallest absolute Gasteiger partial charge is 0.262 e. The SMILES string of the molecule is CCOc1cc(C=NNC(=O)C(C)NC(=O)c2ccccc2Br)ccc1OC. The van der Waals surface area contributed by atoms with Crippen molar-refractivity contribution in [2.45, 2.75) is 19.9 Å². The first-order valence-corrected chi connectivity index (χ1v) is 9.44. The van der Waals surface area contributed by atoms with E-state index in [9.17, 15) is 9.59 Å². The Hall–Kier alpha value is -2.87. The Kier molecular flexibility index (Phi) is 8.01. The maximum Gasteiger partial charge on any atom is 0.262 e. The Morgan fingerprint density at radius 1 is 1.21 bits per heavy atom. The van der Waals surface area contributed by atoms with Crippen LogP contribution in [0.4, 0.5) is 0 Å². The molecular weight excluding hydrogens is 426 g/mol. The predicted octanol–water partition coefficient (Wildman–Crippen LogP) is 3.13. The van der Waals surface area contributed by atoms with E-state index in [-0.39, 0.29) is 5.91 Å². The molecule has 0 radical (unpaired) electrons. The van der Waals surface area contributed by atoms with Gasteiger partial charge < -0.3 is 14.8 Å². The topological polar surface area (TPSA) is 89.0 Å². The molecular formula is C20H22BrN3O4. The Bertz CT molecular complexity index is 870. The second-order valence-corrected chi connectivity index (χ2v) is 6.61. The zero-order chi connectivity index (χ0) is 20.5. The fraction of sp³-hybridized carbons (Fsp3) is 0.250. The molecule has 0 bridgehead atoms. The van der Waals surface area contributed by atoms with E-state index in [1.807, 2.05) is 13.0 Å². The molecule has 0 spiro atoms. The summed E-state index contributed by atoms with van der Waals surface area (Å²) < 4.78 is 11.4. The first-order valence-electron chi connectivity index (χ1n) is 8.65. The van der Waals surface area contributed by atoms with Gasteiger partial charge in [0.2, 0.25) is 0 Å². The van der Waals surface area contributed by atoms with Crippen molar-refractivity contribution in [1.29, 1.82) is 0 Å². The number of hydrogen-bond acceptors (Lipinski definition) is 5. The number of benzene rings is 2. The number of nitrogens with zero attached hydrogens (tertiary/aromatic N) is 1. The molecule has 0 saturated heterocycles. The molecule has 0 aliphatic heterocycles. The van der Waals surface area contributed by atoms with Gasteiger partial charge >= 0.3 is 0 Å². The molecule has 1 unspecified atom stereocenters. The van der Waals surface area contributed by atoms with Gasteiger partial charge in [0.15, 0.2) is 11.5 Å². The molecule has 148 valence electrons. The van der Waals surface area contributed by atoms with Crippen molar-refractivity contribution < 1.29 is 19.1 Å². The Balaban J connectivity index is 1.94. The van der Waals surface area contributed by atoms with Crippen molar-refractivity contribution in [3.05, 3.63) is 58.1 Å². The number of hydrazone groups is 1. The highest BCUT2D eigenvalue weighted by Crippen LogP contribution is 2.27. The van der Waals surface area contributed by atoms with Crippen LogP contribution in [-0.2, 0) is 4.79 Å². The van der Waals surface area contributed by atoms with Crippen molar-refractivity contribution in [3.63, 3.8) is 0 Å². The second-order valence-electron chi connectivity index (χ2n) is 5.75.